The van der Waals surface area contributed by atoms with Crippen LogP contribution in [0.2, 0.25) is 0 Å². The van der Waals surface area contributed by atoms with Gasteiger partial charge in [0.25, 0.3) is 0 Å². The highest BCUT2D eigenvalue weighted by molar-refractivity contribution is 5.76. The van der Waals surface area contributed by atoms with Crippen molar-refractivity contribution in [3.63, 3.8) is 0 Å². The molecule has 0 aliphatic heterocycles. The maximum absolute atomic E-state index is 10.8. The lowest BCUT2D eigenvalue weighted by Crippen LogP contribution is -2.35. The normalized spacial score (nSPS) is 20.9. The van der Waals surface area contributed by atoms with Gasteiger partial charge in [-0.1, -0.05) is 20.8 Å². The third-order valence-electron chi connectivity index (χ3n) is 3.53. The standard InChI is InChI=1S/C11H22N2O/c1-8(2)11(4-5-11)7-13-6-9(3)10(12)14/h8-9,13H,4-7H2,1-3H3,(H2,12,14). The van der Waals surface area contributed by atoms with Crippen molar-refractivity contribution >= 4 is 5.91 Å². The van der Waals surface area contributed by atoms with Crippen LogP contribution in [-0.2, 0) is 4.79 Å². The molecule has 0 heterocycles. The second kappa shape index (κ2) is 4.30. The summed E-state index contributed by atoms with van der Waals surface area (Å²) in [5.41, 5.74) is 5.69. The number of primary amides is 1. The number of amides is 1. The minimum Gasteiger partial charge on any atom is -0.369 e. The molecule has 1 atom stereocenters. The molecule has 0 aromatic heterocycles. The van der Waals surface area contributed by atoms with Crippen LogP contribution in [0.5, 0.6) is 0 Å². The first-order chi connectivity index (χ1) is 6.48. The Kier molecular flexibility index (Phi) is 3.53. The molecule has 0 aromatic carbocycles. The van der Waals surface area contributed by atoms with Gasteiger partial charge in [0.1, 0.15) is 0 Å². The second-order valence-corrected chi connectivity index (χ2v) is 4.95. The summed E-state index contributed by atoms with van der Waals surface area (Å²) < 4.78 is 0. The number of carbonyl (C=O) groups is 1. The average molecular weight is 198 g/mol. The molecule has 0 spiro atoms. The van der Waals surface area contributed by atoms with Crippen molar-refractivity contribution in [2.24, 2.45) is 23.0 Å². The molecule has 1 saturated carbocycles. The van der Waals surface area contributed by atoms with Gasteiger partial charge in [-0.2, -0.15) is 0 Å². The van der Waals surface area contributed by atoms with Gasteiger partial charge < -0.3 is 11.1 Å². The highest BCUT2D eigenvalue weighted by Crippen LogP contribution is 2.51. The Morgan fingerprint density at radius 2 is 2.00 bits per heavy atom. The maximum atomic E-state index is 10.8. The molecule has 0 aromatic rings. The van der Waals surface area contributed by atoms with E-state index in [9.17, 15) is 4.79 Å². The van der Waals surface area contributed by atoms with Gasteiger partial charge >= 0.3 is 0 Å². The minimum atomic E-state index is -0.216. The Morgan fingerprint density at radius 3 is 2.36 bits per heavy atom. The molecule has 1 fully saturated rings. The van der Waals surface area contributed by atoms with Crippen LogP contribution in [0.15, 0.2) is 0 Å². The topological polar surface area (TPSA) is 55.1 Å². The highest BCUT2D eigenvalue weighted by Gasteiger charge is 2.44. The Balaban J connectivity index is 2.19. The van der Waals surface area contributed by atoms with Crippen molar-refractivity contribution in [1.82, 2.24) is 5.32 Å². The fourth-order valence-corrected chi connectivity index (χ4v) is 1.76. The first-order valence-electron chi connectivity index (χ1n) is 5.48. The van der Waals surface area contributed by atoms with Gasteiger partial charge in [-0.15, -0.1) is 0 Å². The van der Waals surface area contributed by atoms with E-state index in [0.29, 0.717) is 12.0 Å². The lowest BCUT2D eigenvalue weighted by Gasteiger charge is -2.20. The minimum absolute atomic E-state index is 0.0574. The zero-order valence-electron chi connectivity index (χ0n) is 9.47. The number of rotatable bonds is 6. The summed E-state index contributed by atoms with van der Waals surface area (Å²) in [4.78, 5) is 10.8. The molecule has 0 saturated heterocycles. The van der Waals surface area contributed by atoms with E-state index in [0.717, 1.165) is 12.5 Å². The number of carbonyl (C=O) groups excluding carboxylic acids is 1. The van der Waals surface area contributed by atoms with Gasteiger partial charge in [0, 0.05) is 19.0 Å². The molecule has 1 rings (SSSR count). The third-order valence-corrected chi connectivity index (χ3v) is 3.53. The van der Waals surface area contributed by atoms with Crippen molar-refractivity contribution in [3.05, 3.63) is 0 Å². The van der Waals surface area contributed by atoms with Crippen molar-refractivity contribution in [2.45, 2.75) is 33.6 Å². The Bertz CT molecular complexity index is 209. The first kappa shape index (κ1) is 11.5. The fraction of sp³-hybridized carbons (Fsp3) is 0.909. The monoisotopic (exact) mass is 198 g/mol. The SMILES string of the molecule is CC(CNCC1(C(C)C)CC1)C(N)=O. The fourth-order valence-electron chi connectivity index (χ4n) is 1.76. The van der Waals surface area contributed by atoms with Crippen LogP contribution in [0, 0.1) is 17.3 Å². The van der Waals surface area contributed by atoms with Gasteiger partial charge in [0.2, 0.25) is 5.91 Å². The van der Waals surface area contributed by atoms with Crippen LogP contribution in [-0.4, -0.2) is 19.0 Å². The van der Waals surface area contributed by atoms with E-state index in [1.807, 2.05) is 6.92 Å². The summed E-state index contributed by atoms with van der Waals surface area (Å²) in [7, 11) is 0. The summed E-state index contributed by atoms with van der Waals surface area (Å²) in [6, 6.07) is 0. The predicted molar refractivity (Wildman–Crippen MR) is 57.7 cm³/mol. The third kappa shape index (κ3) is 2.71. The lowest BCUT2D eigenvalue weighted by molar-refractivity contribution is -0.121. The largest absolute Gasteiger partial charge is 0.369 e. The van der Waals surface area contributed by atoms with Crippen LogP contribution in [0.3, 0.4) is 0 Å². The first-order valence-corrected chi connectivity index (χ1v) is 5.48. The average Bonchev–Trinajstić information content (AvgIpc) is 2.85. The van der Waals surface area contributed by atoms with Gasteiger partial charge in [0.15, 0.2) is 0 Å². The molecule has 0 bridgehead atoms. The Labute approximate surface area is 86.4 Å². The van der Waals surface area contributed by atoms with Crippen LogP contribution in [0.4, 0.5) is 0 Å². The summed E-state index contributed by atoms with van der Waals surface area (Å²) in [5, 5.41) is 3.35. The molecule has 1 aliphatic carbocycles. The molecule has 82 valence electrons. The van der Waals surface area contributed by atoms with Crippen LogP contribution in [0.1, 0.15) is 33.6 Å². The maximum Gasteiger partial charge on any atom is 0.221 e. The van der Waals surface area contributed by atoms with Crippen molar-refractivity contribution < 1.29 is 4.79 Å². The van der Waals surface area contributed by atoms with Gasteiger partial charge in [-0.3, -0.25) is 4.79 Å². The molecule has 3 heteroatoms. The molecule has 3 nitrogen and oxygen atoms in total. The summed E-state index contributed by atoms with van der Waals surface area (Å²) in [5.74, 6) is 0.462. The smallest absolute Gasteiger partial charge is 0.221 e. The van der Waals surface area contributed by atoms with Crippen LogP contribution < -0.4 is 11.1 Å². The Morgan fingerprint density at radius 1 is 1.43 bits per heavy atom. The summed E-state index contributed by atoms with van der Waals surface area (Å²) >= 11 is 0. The van der Waals surface area contributed by atoms with Crippen molar-refractivity contribution in [2.75, 3.05) is 13.1 Å². The number of hydrogen-bond acceptors (Lipinski definition) is 2. The zero-order chi connectivity index (χ0) is 10.8. The molecule has 14 heavy (non-hydrogen) atoms. The zero-order valence-corrected chi connectivity index (χ0v) is 9.47. The van der Waals surface area contributed by atoms with E-state index in [2.05, 4.69) is 19.2 Å². The van der Waals surface area contributed by atoms with E-state index < -0.39 is 0 Å². The molecular formula is C11H22N2O. The summed E-state index contributed by atoms with van der Waals surface area (Å²) in [6.07, 6.45) is 2.64. The van der Waals surface area contributed by atoms with Gasteiger partial charge in [-0.25, -0.2) is 0 Å². The summed E-state index contributed by atoms with van der Waals surface area (Å²) in [6.45, 7) is 8.15. The second-order valence-electron chi connectivity index (χ2n) is 4.95. The van der Waals surface area contributed by atoms with Crippen LogP contribution >= 0.6 is 0 Å². The highest BCUT2D eigenvalue weighted by atomic mass is 16.1. The molecular weight excluding hydrogens is 176 g/mol. The van der Waals surface area contributed by atoms with E-state index in [4.69, 9.17) is 5.73 Å². The van der Waals surface area contributed by atoms with Crippen molar-refractivity contribution in [3.8, 4) is 0 Å². The molecule has 3 N–H and O–H groups in total. The van der Waals surface area contributed by atoms with E-state index in [1.54, 1.807) is 0 Å². The van der Waals surface area contributed by atoms with E-state index in [-0.39, 0.29) is 11.8 Å². The van der Waals surface area contributed by atoms with Gasteiger partial charge in [-0.05, 0) is 24.2 Å². The Hall–Kier alpha value is -0.570. The van der Waals surface area contributed by atoms with Gasteiger partial charge in [0.05, 0.1) is 0 Å². The predicted octanol–water partition coefficient (Wildman–Crippen LogP) is 1.13. The van der Waals surface area contributed by atoms with E-state index >= 15 is 0 Å². The number of nitrogens with one attached hydrogen (secondary N) is 1. The van der Waals surface area contributed by atoms with E-state index in [1.165, 1.54) is 12.8 Å². The number of nitrogens with two attached hydrogens (primary N) is 1. The molecule has 1 amide bonds. The molecule has 0 radical (unpaired) electrons. The number of hydrogen-bond donors (Lipinski definition) is 2. The quantitative estimate of drug-likeness (QED) is 0.672. The van der Waals surface area contributed by atoms with Crippen molar-refractivity contribution in [1.29, 1.82) is 0 Å². The molecule has 1 unspecified atom stereocenters. The lowest BCUT2D eigenvalue weighted by atomic mass is 9.92. The molecule has 1 aliphatic rings. The van der Waals surface area contributed by atoms with Crippen LogP contribution in [0.25, 0.3) is 0 Å².